The lowest BCUT2D eigenvalue weighted by atomic mass is 10.2. The van der Waals surface area contributed by atoms with E-state index in [-0.39, 0.29) is 6.61 Å². The molecule has 0 atom stereocenters. The van der Waals surface area contributed by atoms with Gasteiger partial charge in [-0.05, 0) is 12.8 Å². The van der Waals surface area contributed by atoms with Crippen molar-refractivity contribution in [2.45, 2.75) is 19.3 Å². The summed E-state index contributed by atoms with van der Waals surface area (Å²) in [5.41, 5.74) is 2.60. The van der Waals surface area contributed by atoms with Gasteiger partial charge in [-0.25, -0.2) is 14.6 Å². The molecule has 0 unspecified atom stereocenters. The van der Waals surface area contributed by atoms with Crippen LogP contribution in [0.4, 0.5) is 4.79 Å². The second-order valence-electron chi connectivity index (χ2n) is 3.08. The molecule has 0 aromatic rings. The van der Waals surface area contributed by atoms with Gasteiger partial charge >= 0.3 is 6.09 Å². The highest BCUT2D eigenvalue weighted by atomic mass is 16.6. The van der Waals surface area contributed by atoms with Gasteiger partial charge in [-0.2, -0.15) is 0 Å². The zero-order chi connectivity index (χ0) is 10.2. The first-order valence-electron chi connectivity index (χ1n) is 4.70. The number of amides is 1. The van der Waals surface area contributed by atoms with Crippen molar-refractivity contribution in [2.75, 3.05) is 19.7 Å². The predicted molar refractivity (Wildman–Crippen MR) is 50.2 cm³/mol. The van der Waals surface area contributed by atoms with E-state index in [1.54, 1.807) is 0 Å². The van der Waals surface area contributed by atoms with Crippen molar-refractivity contribution in [1.29, 1.82) is 0 Å². The van der Waals surface area contributed by atoms with E-state index in [9.17, 15) is 9.59 Å². The van der Waals surface area contributed by atoms with Crippen LogP contribution in [0.15, 0.2) is 6.08 Å². The molecule has 0 bridgehead atoms. The molecule has 78 valence electrons. The number of hydrogen-bond donors (Lipinski definition) is 1. The zero-order valence-electron chi connectivity index (χ0n) is 7.99. The number of carbonyl (C=O) groups excluding carboxylic acids is 2. The first kappa shape index (κ1) is 10.8. The Morgan fingerprint density at radius 2 is 2.14 bits per heavy atom. The van der Waals surface area contributed by atoms with Crippen molar-refractivity contribution < 1.29 is 14.3 Å². The largest absolute Gasteiger partial charge is 0.444 e. The lowest BCUT2D eigenvalue weighted by Gasteiger charge is -2.26. The summed E-state index contributed by atoms with van der Waals surface area (Å²) in [4.78, 5) is 20.8. The summed E-state index contributed by atoms with van der Waals surface area (Å²) in [7, 11) is 0. The molecule has 0 saturated carbocycles. The van der Waals surface area contributed by atoms with Crippen LogP contribution in [-0.4, -0.2) is 36.7 Å². The molecule has 0 aromatic carbocycles. The summed E-state index contributed by atoms with van der Waals surface area (Å²) < 4.78 is 4.68. The predicted octanol–water partition coefficient (Wildman–Crippen LogP) is 0.501. The van der Waals surface area contributed by atoms with Crippen molar-refractivity contribution in [1.82, 2.24) is 10.4 Å². The second-order valence-corrected chi connectivity index (χ2v) is 3.08. The smallest absolute Gasteiger partial charge is 0.422 e. The molecule has 0 radical (unpaired) electrons. The summed E-state index contributed by atoms with van der Waals surface area (Å²) in [6.45, 7) is 1.69. The topological polar surface area (TPSA) is 58.6 Å². The van der Waals surface area contributed by atoms with Crippen molar-refractivity contribution in [3.8, 4) is 0 Å². The minimum atomic E-state index is -0.515. The SMILES string of the molecule is O=C=CCOC(=O)NN1CCCCC1. The van der Waals surface area contributed by atoms with Crippen molar-refractivity contribution >= 4 is 12.0 Å². The highest BCUT2D eigenvalue weighted by molar-refractivity contribution is 5.66. The highest BCUT2D eigenvalue weighted by Gasteiger charge is 2.12. The maximum absolute atomic E-state index is 11.1. The van der Waals surface area contributed by atoms with Crippen LogP contribution >= 0.6 is 0 Å². The molecule has 1 aliphatic rings. The molecule has 14 heavy (non-hydrogen) atoms. The number of hydrogen-bond acceptors (Lipinski definition) is 4. The monoisotopic (exact) mass is 198 g/mol. The third-order valence-electron chi connectivity index (χ3n) is 1.99. The Morgan fingerprint density at radius 3 is 2.79 bits per heavy atom. The molecule has 1 N–H and O–H groups in total. The van der Waals surface area contributed by atoms with Gasteiger partial charge in [-0.1, -0.05) is 6.42 Å². The fourth-order valence-corrected chi connectivity index (χ4v) is 1.32. The quantitative estimate of drug-likeness (QED) is 0.671. The molecule has 1 aliphatic heterocycles. The number of hydrazine groups is 1. The molecule has 0 spiro atoms. The average Bonchev–Trinajstić information content (AvgIpc) is 2.20. The molecule has 1 heterocycles. The van der Waals surface area contributed by atoms with Crippen molar-refractivity contribution in [3.05, 3.63) is 6.08 Å². The van der Waals surface area contributed by atoms with E-state index in [2.05, 4.69) is 10.2 Å². The summed E-state index contributed by atoms with van der Waals surface area (Å²) in [5.74, 6) is 1.53. The number of ether oxygens (including phenoxy) is 1. The van der Waals surface area contributed by atoms with E-state index in [0.29, 0.717) is 0 Å². The molecule has 0 aromatic heterocycles. The molecule has 1 saturated heterocycles. The van der Waals surface area contributed by atoms with Crippen LogP contribution in [0.1, 0.15) is 19.3 Å². The maximum Gasteiger partial charge on any atom is 0.422 e. The van der Waals surface area contributed by atoms with E-state index in [4.69, 9.17) is 0 Å². The van der Waals surface area contributed by atoms with Gasteiger partial charge in [0.15, 0.2) is 0 Å². The molecule has 5 heteroatoms. The zero-order valence-corrected chi connectivity index (χ0v) is 7.99. The van der Waals surface area contributed by atoms with Gasteiger partial charge in [-0.15, -0.1) is 0 Å². The molecule has 1 fully saturated rings. The Morgan fingerprint density at radius 1 is 1.43 bits per heavy atom. The molecule has 1 rings (SSSR count). The number of carbonyl (C=O) groups is 1. The van der Waals surface area contributed by atoms with E-state index in [1.165, 1.54) is 12.4 Å². The van der Waals surface area contributed by atoms with Crippen LogP contribution in [-0.2, 0) is 9.53 Å². The van der Waals surface area contributed by atoms with E-state index < -0.39 is 6.09 Å². The molecule has 1 amide bonds. The lowest BCUT2D eigenvalue weighted by Crippen LogP contribution is -2.45. The Hall–Kier alpha value is -1.32. The standard InChI is InChI=1S/C9H14N2O3/c12-7-4-8-14-9(13)10-11-5-2-1-3-6-11/h4H,1-3,5-6,8H2,(H,10,13). The summed E-state index contributed by atoms with van der Waals surface area (Å²) in [5, 5.41) is 1.83. The molecule has 0 aliphatic carbocycles. The summed E-state index contributed by atoms with van der Waals surface area (Å²) in [6.07, 6.45) is 4.00. The van der Waals surface area contributed by atoms with E-state index in [1.807, 2.05) is 5.01 Å². The van der Waals surface area contributed by atoms with Crippen LogP contribution < -0.4 is 5.43 Å². The van der Waals surface area contributed by atoms with Gasteiger partial charge < -0.3 is 4.74 Å². The summed E-state index contributed by atoms with van der Waals surface area (Å²) in [6, 6.07) is 0. The molecular weight excluding hydrogens is 184 g/mol. The molecular formula is C9H14N2O3. The normalized spacial score (nSPS) is 16.9. The Balaban J connectivity index is 2.15. The lowest BCUT2D eigenvalue weighted by molar-refractivity contribution is 0.103. The van der Waals surface area contributed by atoms with Crippen LogP contribution in [0.2, 0.25) is 0 Å². The first-order chi connectivity index (χ1) is 6.83. The Bertz CT molecular complexity index is 230. The maximum atomic E-state index is 11.1. The van der Waals surface area contributed by atoms with E-state index in [0.717, 1.165) is 32.0 Å². The minimum absolute atomic E-state index is 0.0246. The number of rotatable bonds is 3. The van der Waals surface area contributed by atoms with Crippen LogP contribution in [0, 0.1) is 0 Å². The third-order valence-corrected chi connectivity index (χ3v) is 1.99. The van der Waals surface area contributed by atoms with Gasteiger partial charge in [0.2, 0.25) is 0 Å². The first-order valence-corrected chi connectivity index (χ1v) is 4.70. The van der Waals surface area contributed by atoms with Gasteiger partial charge in [0.25, 0.3) is 0 Å². The average molecular weight is 198 g/mol. The van der Waals surface area contributed by atoms with Gasteiger partial charge in [-0.3, -0.25) is 5.43 Å². The van der Waals surface area contributed by atoms with Gasteiger partial charge in [0.05, 0.1) is 0 Å². The molecule has 5 nitrogen and oxygen atoms in total. The Labute approximate surface area is 82.7 Å². The highest BCUT2D eigenvalue weighted by Crippen LogP contribution is 2.05. The van der Waals surface area contributed by atoms with Crippen LogP contribution in [0.5, 0.6) is 0 Å². The minimum Gasteiger partial charge on any atom is -0.444 e. The number of piperidine rings is 1. The van der Waals surface area contributed by atoms with Gasteiger partial charge in [0.1, 0.15) is 12.5 Å². The number of nitrogens with one attached hydrogen (secondary N) is 1. The number of nitrogens with zero attached hydrogens (tertiary/aromatic N) is 1. The van der Waals surface area contributed by atoms with Crippen molar-refractivity contribution in [3.63, 3.8) is 0 Å². The van der Waals surface area contributed by atoms with Gasteiger partial charge in [0, 0.05) is 19.2 Å². The van der Waals surface area contributed by atoms with E-state index >= 15 is 0 Å². The fourth-order valence-electron chi connectivity index (χ4n) is 1.32. The van der Waals surface area contributed by atoms with Crippen LogP contribution in [0.3, 0.4) is 0 Å². The third kappa shape index (κ3) is 4.07. The van der Waals surface area contributed by atoms with Crippen molar-refractivity contribution in [2.24, 2.45) is 0 Å². The summed E-state index contributed by atoms with van der Waals surface area (Å²) >= 11 is 0. The fraction of sp³-hybridized carbons (Fsp3) is 0.667. The Kier molecular flexibility index (Phi) is 4.75. The van der Waals surface area contributed by atoms with Crippen LogP contribution in [0.25, 0.3) is 0 Å². The second kappa shape index (κ2) is 6.18.